The van der Waals surface area contributed by atoms with Crippen LogP contribution in [0.3, 0.4) is 0 Å². The van der Waals surface area contributed by atoms with E-state index in [1.165, 1.54) is 12.4 Å². The molecule has 0 fully saturated rings. The third-order valence-corrected chi connectivity index (χ3v) is 1.79. The molecule has 0 atom stereocenters. The van der Waals surface area contributed by atoms with Crippen LogP contribution in [-0.2, 0) is 0 Å². The van der Waals surface area contributed by atoms with Crippen LogP contribution < -0.4 is 0 Å². The maximum Gasteiger partial charge on any atom is 0.158 e. The Balaban J connectivity index is 2.57. The second-order valence-corrected chi connectivity index (χ2v) is 2.82. The molecule has 0 amide bonds. The minimum Gasteiger partial charge on any atom is -0.259 e. The van der Waals surface area contributed by atoms with E-state index in [-0.39, 0.29) is 5.82 Å². The van der Waals surface area contributed by atoms with E-state index in [1.54, 1.807) is 12.1 Å². The third kappa shape index (κ3) is 1.42. The zero-order valence-electron chi connectivity index (χ0n) is 7.08. The van der Waals surface area contributed by atoms with Gasteiger partial charge in [-0.3, -0.25) is 5.10 Å². The number of rotatable bonds is 1. The summed E-state index contributed by atoms with van der Waals surface area (Å²) in [4.78, 5) is 3.88. The summed E-state index contributed by atoms with van der Waals surface area (Å²) >= 11 is 0. The van der Waals surface area contributed by atoms with Crippen molar-refractivity contribution in [2.75, 3.05) is 0 Å². The Labute approximate surface area is 74.6 Å². The van der Waals surface area contributed by atoms with Crippen LogP contribution >= 0.6 is 0 Å². The second kappa shape index (κ2) is 2.97. The maximum atomic E-state index is 13.2. The van der Waals surface area contributed by atoms with E-state index in [4.69, 9.17) is 0 Å². The molecule has 0 saturated heterocycles. The summed E-state index contributed by atoms with van der Waals surface area (Å²) < 4.78 is 13.2. The van der Waals surface area contributed by atoms with Gasteiger partial charge in [0.05, 0.1) is 5.56 Å². The van der Waals surface area contributed by atoms with Gasteiger partial charge in [-0.25, -0.2) is 9.37 Å². The first-order chi connectivity index (χ1) is 6.27. The van der Waals surface area contributed by atoms with Crippen molar-refractivity contribution in [1.82, 2.24) is 15.2 Å². The lowest BCUT2D eigenvalue weighted by molar-refractivity contribution is 0.629. The monoisotopic (exact) mass is 177 g/mol. The standard InChI is InChI=1S/C9H8FN3/c1-6-2-3-8(10)7(4-6)9-11-5-12-13-9/h2-5H,1H3,(H,11,12,13). The molecule has 0 radical (unpaired) electrons. The average molecular weight is 177 g/mol. The highest BCUT2D eigenvalue weighted by Gasteiger charge is 2.06. The molecule has 0 spiro atoms. The lowest BCUT2D eigenvalue weighted by Gasteiger charge is -1.99. The molecule has 0 aliphatic carbocycles. The highest BCUT2D eigenvalue weighted by molar-refractivity contribution is 5.56. The van der Waals surface area contributed by atoms with Crippen LogP contribution in [0.1, 0.15) is 5.56 Å². The summed E-state index contributed by atoms with van der Waals surface area (Å²) in [7, 11) is 0. The van der Waals surface area contributed by atoms with E-state index in [2.05, 4.69) is 15.2 Å². The Morgan fingerprint density at radius 3 is 2.92 bits per heavy atom. The number of nitrogens with one attached hydrogen (secondary N) is 1. The maximum absolute atomic E-state index is 13.2. The first-order valence-corrected chi connectivity index (χ1v) is 3.89. The van der Waals surface area contributed by atoms with Crippen LogP contribution in [0, 0.1) is 12.7 Å². The molecule has 0 aliphatic rings. The highest BCUT2D eigenvalue weighted by atomic mass is 19.1. The van der Waals surface area contributed by atoms with E-state index in [0.29, 0.717) is 11.4 Å². The number of H-pyrrole nitrogens is 1. The minimum absolute atomic E-state index is 0.289. The van der Waals surface area contributed by atoms with Gasteiger partial charge in [-0.05, 0) is 19.1 Å². The number of aromatic amines is 1. The molecular formula is C9H8FN3. The van der Waals surface area contributed by atoms with Crippen LogP contribution in [0.4, 0.5) is 4.39 Å². The van der Waals surface area contributed by atoms with Crippen LogP contribution in [0.2, 0.25) is 0 Å². The third-order valence-electron chi connectivity index (χ3n) is 1.79. The molecule has 0 unspecified atom stereocenters. The van der Waals surface area contributed by atoms with Gasteiger partial charge in [0.15, 0.2) is 5.82 Å². The fourth-order valence-corrected chi connectivity index (χ4v) is 1.16. The molecule has 2 aromatic rings. The van der Waals surface area contributed by atoms with Crippen LogP contribution in [0.15, 0.2) is 24.5 Å². The average Bonchev–Trinajstić information content (AvgIpc) is 2.61. The Hall–Kier alpha value is -1.71. The molecule has 1 aromatic heterocycles. The van der Waals surface area contributed by atoms with Gasteiger partial charge < -0.3 is 0 Å². The van der Waals surface area contributed by atoms with Crippen molar-refractivity contribution in [3.8, 4) is 11.4 Å². The lowest BCUT2D eigenvalue weighted by Crippen LogP contribution is -1.87. The molecule has 1 N–H and O–H groups in total. The Morgan fingerprint density at radius 2 is 2.23 bits per heavy atom. The number of benzene rings is 1. The fraction of sp³-hybridized carbons (Fsp3) is 0.111. The molecule has 66 valence electrons. The van der Waals surface area contributed by atoms with Crippen molar-refractivity contribution >= 4 is 0 Å². The summed E-state index contributed by atoms with van der Waals surface area (Å²) in [5.74, 6) is 0.170. The van der Waals surface area contributed by atoms with Gasteiger partial charge in [0, 0.05) is 0 Å². The summed E-state index contributed by atoms with van der Waals surface area (Å²) in [6, 6.07) is 4.87. The van der Waals surface area contributed by atoms with Gasteiger partial charge in [-0.1, -0.05) is 11.6 Å². The Morgan fingerprint density at radius 1 is 1.38 bits per heavy atom. The molecule has 13 heavy (non-hydrogen) atoms. The van der Waals surface area contributed by atoms with Gasteiger partial charge in [-0.2, -0.15) is 5.10 Å². The van der Waals surface area contributed by atoms with Crippen LogP contribution in [0.25, 0.3) is 11.4 Å². The topological polar surface area (TPSA) is 41.6 Å². The first-order valence-electron chi connectivity index (χ1n) is 3.89. The first kappa shape index (κ1) is 7.91. The van der Waals surface area contributed by atoms with Crippen molar-refractivity contribution in [3.63, 3.8) is 0 Å². The normalized spacial score (nSPS) is 10.3. The Bertz CT molecular complexity index is 409. The van der Waals surface area contributed by atoms with Crippen LogP contribution in [-0.4, -0.2) is 15.2 Å². The highest BCUT2D eigenvalue weighted by Crippen LogP contribution is 2.19. The summed E-state index contributed by atoms with van der Waals surface area (Å²) in [5, 5.41) is 6.29. The van der Waals surface area contributed by atoms with Crippen molar-refractivity contribution < 1.29 is 4.39 Å². The second-order valence-electron chi connectivity index (χ2n) is 2.82. The van der Waals surface area contributed by atoms with Crippen molar-refractivity contribution in [1.29, 1.82) is 0 Å². The molecule has 2 rings (SSSR count). The molecule has 0 saturated carbocycles. The fourth-order valence-electron chi connectivity index (χ4n) is 1.16. The van der Waals surface area contributed by atoms with Crippen molar-refractivity contribution in [2.45, 2.75) is 6.92 Å². The zero-order chi connectivity index (χ0) is 9.26. The van der Waals surface area contributed by atoms with E-state index >= 15 is 0 Å². The Kier molecular flexibility index (Phi) is 1.81. The largest absolute Gasteiger partial charge is 0.259 e. The molecule has 0 aliphatic heterocycles. The predicted octanol–water partition coefficient (Wildman–Crippen LogP) is 1.92. The number of aryl methyl sites for hydroxylation is 1. The van der Waals surface area contributed by atoms with E-state index in [9.17, 15) is 4.39 Å². The number of aromatic nitrogens is 3. The molecule has 3 nitrogen and oxygen atoms in total. The summed E-state index contributed by atoms with van der Waals surface area (Å²) in [6.07, 6.45) is 1.36. The van der Waals surface area contributed by atoms with E-state index in [0.717, 1.165) is 5.56 Å². The number of nitrogens with zero attached hydrogens (tertiary/aromatic N) is 2. The van der Waals surface area contributed by atoms with Crippen LogP contribution in [0.5, 0.6) is 0 Å². The smallest absolute Gasteiger partial charge is 0.158 e. The van der Waals surface area contributed by atoms with Gasteiger partial charge in [0.2, 0.25) is 0 Å². The van der Waals surface area contributed by atoms with Gasteiger partial charge >= 0.3 is 0 Å². The van der Waals surface area contributed by atoms with Crippen molar-refractivity contribution in [2.24, 2.45) is 0 Å². The minimum atomic E-state index is -0.289. The summed E-state index contributed by atoms with van der Waals surface area (Å²) in [6.45, 7) is 1.90. The lowest BCUT2D eigenvalue weighted by atomic mass is 10.1. The number of hydrogen-bond donors (Lipinski definition) is 1. The number of hydrogen-bond acceptors (Lipinski definition) is 2. The van der Waals surface area contributed by atoms with E-state index < -0.39 is 0 Å². The summed E-state index contributed by atoms with van der Waals surface area (Å²) in [5.41, 5.74) is 1.45. The number of halogens is 1. The quantitative estimate of drug-likeness (QED) is 0.723. The molecule has 1 aromatic carbocycles. The molecule has 1 heterocycles. The SMILES string of the molecule is Cc1ccc(F)c(-c2ncn[nH]2)c1. The molecular weight excluding hydrogens is 169 g/mol. The van der Waals surface area contributed by atoms with Gasteiger partial charge in [0.1, 0.15) is 12.1 Å². The van der Waals surface area contributed by atoms with E-state index in [1.807, 2.05) is 6.92 Å². The molecule has 4 heteroatoms. The van der Waals surface area contributed by atoms with Crippen molar-refractivity contribution in [3.05, 3.63) is 35.9 Å². The zero-order valence-corrected chi connectivity index (χ0v) is 7.08. The van der Waals surface area contributed by atoms with Gasteiger partial charge in [0.25, 0.3) is 0 Å². The molecule has 0 bridgehead atoms. The van der Waals surface area contributed by atoms with Gasteiger partial charge in [-0.15, -0.1) is 0 Å². The predicted molar refractivity (Wildman–Crippen MR) is 46.5 cm³/mol.